The summed E-state index contributed by atoms with van der Waals surface area (Å²) in [5.74, 6) is 0. The zero-order chi connectivity index (χ0) is 31.7. The fourth-order valence-corrected chi connectivity index (χ4v) is 5.29. The number of aliphatic hydroxyl groups is 4. The third-order valence-corrected chi connectivity index (χ3v) is 7.58. The summed E-state index contributed by atoms with van der Waals surface area (Å²) in [6.07, 6.45) is -6.04. The fourth-order valence-electron chi connectivity index (χ4n) is 5.29. The van der Waals surface area contributed by atoms with Crippen molar-refractivity contribution in [3.8, 4) is 0 Å². The molecule has 234 valence electrons. The number of hydrogen-bond donors (Lipinski definition) is 7. The molecule has 2 rings (SSSR count). The molecule has 0 aliphatic carbocycles. The van der Waals surface area contributed by atoms with Gasteiger partial charge in [0.05, 0.1) is 42.5 Å². The van der Waals surface area contributed by atoms with Crippen LogP contribution in [0, 0.1) is 0 Å². The molecule has 0 aromatic heterocycles. The molecule has 0 radical (unpaired) electrons. The lowest BCUT2D eigenvalue weighted by Gasteiger charge is -2.45. The number of aliphatic hydroxyl groups excluding tert-OH is 4. The summed E-state index contributed by atoms with van der Waals surface area (Å²) < 4.78 is 0. The topological polar surface area (TPSA) is 174 Å². The van der Waals surface area contributed by atoms with Crippen LogP contribution in [0.4, 0.5) is 9.59 Å². The van der Waals surface area contributed by atoms with Gasteiger partial charge in [0.25, 0.3) is 0 Å². The van der Waals surface area contributed by atoms with Gasteiger partial charge in [0, 0.05) is 18.6 Å². The van der Waals surface area contributed by atoms with Crippen molar-refractivity contribution in [3.05, 3.63) is 71.8 Å². The molecule has 0 bridgehead atoms. The number of benzene rings is 2. The van der Waals surface area contributed by atoms with Crippen LogP contribution in [-0.4, -0.2) is 114 Å². The normalized spacial score (nSPS) is 15.7. The number of nitrogens with zero attached hydrogens (tertiary/aromatic N) is 2. The predicted molar refractivity (Wildman–Crippen MR) is 159 cm³/mol. The van der Waals surface area contributed by atoms with Crippen molar-refractivity contribution in [2.75, 3.05) is 19.7 Å². The zero-order valence-corrected chi connectivity index (χ0v) is 25.1. The lowest BCUT2D eigenvalue weighted by Crippen LogP contribution is -2.64. The molecule has 0 aliphatic rings. The van der Waals surface area contributed by atoms with Crippen molar-refractivity contribution in [2.45, 2.75) is 88.9 Å². The maximum Gasteiger partial charge on any atom is 0.408 e. The first-order valence-corrected chi connectivity index (χ1v) is 14.1. The molecule has 7 N–H and O–H groups in total. The van der Waals surface area contributed by atoms with E-state index in [2.05, 4.69) is 5.32 Å². The van der Waals surface area contributed by atoms with E-state index in [-0.39, 0.29) is 25.9 Å². The largest absolute Gasteiger partial charge is 0.465 e. The monoisotopic (exact) mass is 589 g/mol. The summed E-state index contributed by atoms with van der Waals surface area (Å²) in [6.45, 7) is 7.31. The molecule has 2 aromatic rings. The van der Waals surface area contributed by atoms with Crippen molar-refractivity contribution < 1.29 is 40.2 Å². The Morgan fingerprint density at radius 3 is 1.43 bits per heavy atom. The van der Waals surface area contributed by atoms with E-state index in [1.807, 2.05) is 36.4 Å². The Labute approximate surface area is 248 Å². The van der Waals surface area contributed by atoms with Crippen LogP contribution in [0.2, 0.25) is 0 Å². The second-order valence-electron chi connectivity index (χ2n) is 12.1. The molecule has 11 heteroatoms. The zero-order valence-electron chi connectivity index (χ0n) is 25.1. The van der Waals surface area contributed by atoms with Crippen LogP contribution in [0.25, 0.3) is 0 Å². The number of rotatable bonds is 15. The van der Waals surface area contributed by atoms with Crippen LogP contribution < -0.4 is 5.32 Å². The lowest BCUT2D eigenvalue weighted by atomic mass is 9.89. The van der Waals surface area contributed by atoms with Gasteiger partial charge in [-0.15, -0.1) is 0 Å². The van der Waals surface area contributed by atoms with Gasteiger partial charge in [0.15, 0.2) is 0 Å². The molecular weight excluding hydrogens is 542 g/mol. The molecule has 0 spiro atoms. The first-order valence-electron chi connectivity index (χ1n) is 14.1. The maximum atomic E-state index is 12.5. The van der Waals surface area contributed by atoms with Gasteiger partial charge < -0.3 is 36.0 Å². The van der Waals surface area contributed by atoms with Gasteiger partial charge >= 0.3 is 12.2 Å². The van der Waals surface area contributed by atoms with E-state index in [9.17, 15) is 40.2 Å². The van der Waals surface area contributed by atoms with Crippen molar-refractivity contribution >= 4 is 12.2 Å². The number of carbonyl (C=O) groups is 2. The smallest absolute Gasteiger partial charge is 0.408 e. The molecule has 0 saturated heterocycles. The van der Waals surface area contributed by atoms with Gasteiger partial charge in [-0.25, -0.2) is 9.59 Å². The summed E-state index contributed by atoms with van der Waals surface area (Å²) >= 11 is 0. The van der Waals surface area contributed by atoms with E-state index < -0.39 is 60.3 Å². The molecule has 42 heavy (non-hydrogen) atoms. The molecule has 0 unspecified atom stereocenters. The minimum Gasteiger partial charge on any atom is -0.465 e. The van der Waals surface area contributed by atoms with Gasteiger partial charge in [-0.05, 0) is 58.6 Å². The molecule has 0 saturated carbocycles. The molecule has 5 atom stereocenters. The average Bonchev–Trinajstić information content (AvgIpc) is 2.91. The van der Waals surface area contributed by atoms with Gasteiger partial charge in [0.2, 0.25) is 0 Å². The van der Waals surface area contributed by atoms with Crippen LogP contribution in [0.3, 0.4) is 0 Å². The van der Waals surface area contributed by atoms with E-state index in [0.29, 0.717) is 0 Å². The Morgan fingerprint density at radius 1 is 0.714 bits per heavy atom. The van der Waals surface area contributed by atoms with Crippen molar-refractivity contribution in [3.63, 3.8) is 0 Å². The molecule has 2 amide bonds. The number of hydrogen-bond acceptors (Lipinski definition) is 7. The molecule has 0 heterocycles. The van der Waals surface area contributed by atoms with Crippen LogP contribution in [0.5, 0.6) is 0 Å². The van der Waals surface area contributed by atoms with E-state index in [1.165, 1.54) is 18.7 Å². The van der Waals surface area contributed by atoms with E-state index >= 15 is 0 Å². The Morgan fingerprint density at radius 2 is 1.10 bits per heavy atom. The molecule has 11 nitrogen and oxygen atoms in total. The predicted octanol–water partition coefficient (Wildman–Crippen LogP) is 2.41. The quantitative estimate of drug-likeness (QED) is 0.165. The third-order valence-electron chi connectivity index (χ3n) is 7.58. The summed E-state index contributed by atoms with van der Waals surface area (Å²) in [7, 11) is 0. The van der Waals surface area contributed by atoms with E-state index in [0.717, 1.165) is 16.0 Å². The standard InChI is InChI=1S/C31H47N3O8/c1-30(2,3)33(28(39)40)23(16-21-12-8-6-9-13-21)25(36)18-32-19-26(37)24(17-22-14-10-7-11-15-22)34(29(41)42)31(4,5)27(38)20-35/h6-15,23-27,32,35-38H,16-20H2,1-5H3,(H,39,40)(H,41,42)/t23-,24-,25+,26+,27+/m0/s1. The highest BCUT2D eigenvalue weighted by atomic mass is 16.4. The molecule has 2 aromatic carbocycles. The number of nitrogens with one attached hydrogen (secondary N) is 1. The van der Waals surface area contributed by atoms with Crippen LogP contribution in [-0.2, 0) is 12.8 Å². The highest BCUT2D eigenvalue weighted by Crippen LogP contribution is 2.27. The maximum absolute atomic E-state index is 12.5. The minimum atomic E-state index is -1.45. The highest BCUT2D eigenvalue weighted by Gasteiger charge is 2.44. The fraction of sp³-hybridized carbons (Fsp3) is 0.548. The van der Waals surface area contributed by atoms with E-state index in [1.54, 1.807) is 45.0 Å². The SMILES string of the molecule is CC(C)(C)N(C(=O)O)[C@@H](Cc1ccccc1)[C@H](O)CNC[C@@H](O)[C@H](Cc1ccccc1)N(C(=O)O)C(C)(C)[C@H](O)CO. The van der Waals surface area contributed by atoms with E-state index in [4.69, 9.17) is 0 Å². The third kappa shape index (κ3) is 9.40. The van der Waals surface area contributed by atoms with Gasteiger partial charge in [-0.1, -0.05) is 60.7 Å². The van der Waals surface area contributed by atoms with Crippen LogP contribution in [0.15, 0.2) is 60.7 Å². The Balaban J connectivity index is 2.30. The van der Waals surface area contributed by atoms with Crippen molar-refractivity contribution in [2.24, 2.45) is 0 Å². The molecule has 0 fully saturated rings. The second-order valence-corrected chi connectivity index (χ2v) is 12.1. The van der Waals surface area contributed by atoms with Crippen LogP contribution >= 0.6 is 0 Å². The Hall–Kier alpha value is -3.22. The Kier molecular flexibility index (Phi) is 12.7. The molecular formula is C31H47N3O8. The highest BCUT2D eigenvalue weighted by molar-refractivity contribution is 5.67. The average molecular weight is 590 g/mol. The summed E-state index contributed by atoms with van der Waals surface area (Å²) in [6, 6.07) is 16.4. The Bertz CT molecular complexity index is 1110. The second kappa shape index (κ2) is 15.3. The number of amides is 2. The first kappa shape index (κ1) is 35.0. The minimum absolute atomic E-state index is 0.0811. The molecule has 0 aliphatic heterocycles. The van der Waals surface area contributed by atoms with Gasteiger partial charge in [0.1, 0.15) is 0 Å². The van der Waals surface area contributed by atoms with Crippen LogP contribution in [0.1, 0.15) is 45.7 Å². The van der Waals surface area contributed by atoms with Gasteiger partial charge in [-0.3, -0.25) is 9.80 Å². The number of carboxylic acid groups (broad SMARTS) is 2. The van der Waals surface area contributed by atoms with Crippen molar-refractivity contribution in [1.29, 1.82) is 0 Å². The summed E-state index contributed by atoms with van der Waals surface area (Å²) in [5.41, 5.74) is -0.655. The summed E-state index contributed by atoms with van der Waals surface area (Å²) in [5, 5.41) is 65.8. The van der Waals surface area contributed by atoms with Crippen molar-refractivity contribution in [1.82, 2.24) is 15.1 Å². The van der Waals surface area contributed by atoms with Gasteiger partial charge in [-0.2, -0.15) is 0 Å². The lowest BCUT2D eigenvalue weighted by molar-refractivity contribution is -0.0668. The summed E-state index contributed by atoms with van der Waals surface area (Å²) in [4.78, 5) is 27.0. The first-order chi connectivity index (χ1) is 19.6.